The molecule has 3 rings (SSSR count). The predicted octanol–water partition coefficient (Wildman–Crippen LogP) is 6.48. The summed E-state index contributed by atoms with van der Waals surface area (Å²) < 4.78 is 0. The summed E-state index contributed by atoms with van der Waals surface area (Å²) in [7, 11) is 0. The van der Waals surface area contributed by atoms with Crippen LogP contribution in [-0.2, 0) is 29.0 Å². The van der Waals surface area contributed by atoms with Crippen molar-refractivity contribution in [2.45, 2.75) is 58.2 Å². The van der Waals surface area contributed by atoms with Crippen LogP contribution in [0.15, 0.2) is 78.9 Å². The third-order valence-electron chi connectivity index (χ3n) is 6.13. The highest BCUT2D eigenvalue weighted by Crippen LogP contribution is 2.27. The number of amides is 2. The fourth-order valence-electron chi connectivity index (χ4n) is 3.89. The zero-order valence-corrected chi connectivity index (χ0v) is 21.7. The first-order chi connectivity index (χ1) is 16.9. The fourth-order valence-corrected chi connectivity index (χ4v) is 4.41. The Morgan fingerprint density at radius 2 is 1.43 bits per heavy atom. The summed E-state index contributed by atoms with van der Waals surface area (Å²) in [6.45, 7) is 4.13. The second kappa shape index (κ2) is 13.3. The molecule has 184 valence electrons. The summed E-state index contributed by atoms with van der Waals surface area (Å²) in [5.41, 5.74) is 2.68. The number of halogens is 2. The van der Waals surface area contributed by atoms with Gasteiger partial charge in [0.2, 0.25) is 11.8 Å². The van der Waals surface area contributed by atoms with Gasteiger partial charge in [0.25, 0.3) is 0 Å². The molecule has 0 spiro atoms. The Kier molecular flexibility index (Phi) is 10.2. The molecule has 3 aromatic carbocycles. The van der Waals surface area contributed by atoms with Crippen molar-refractivity contribution in [3.63, 3.8) is 0 Å². The molecule has 4 nitrogen and oxygen atoms in total. The van der Waals surface area contributed by atoms with E-state index in [1.54, 1.807) is 23.1 Å². The van der Waals surface area contributed by atoms with Crippen LogP contribution >= 0.6 is 23.2 Å². The molecule has 2 unspecified atom stereocenters. The van der Waals surface area contributed by atoms with E-state index in [1.165, 1.54) is 0 Å². The van der Waals surface area contributed by atoms with Gasteiger partial charge in [-0.1, -0.05) is 96.9 Å². The molecule has 1 N–H and O–H groups in total. The Morgan fingerprint density at radius 1 is 0.857 bits per heavy atom. The monoisotopic (exact) mass is 510 g/mol. The number of hydrogen-bond donors (Lipinski definition) is 1. The first kappa shape index (κ1) is 26.8. The highest BCUT2D eigenvalue weighted by atomic mass is 35.5. The van der Waals surface area contributed by atoms with E-state index in [9.17, 15) is 9.59 Å². The number of aryl methyl sites for hydroxylation is 1. The van der Waals surface area contributed by atoms with Gasteiger partial charge in [-0.15, -0.1) is 0 Å². The number of hydrogen-bond acceptors (Lipinski definition) is 2. The first-order valence-electron chi connectivity index (χ1n) is 12.0. The summed E-state index contributed by atoms with van der Waals surface area (Å²) in [6, 6.07) is 24.2. The van der Waals surface area contributed by atoms with Crippen molar-refractivity contribution in [1.82, 2.24) is 10.2 Å². The number of carbonyl (C=O) groups is 2. The minimum Gasteiger partial charge on any atom is -0.352 e. The van der Waals surface area contributed by atoms with Crippen molar-refractivity contribution < 1.29 is 9.59 Å². The maximum absolute atomic E-state index is 13.7. The molecule has 0 bridgehead atoms. The third kappa shape index (κ3) is 7.84. The molecule has 0 radical (unpaired) electrons. The highest BCUT2D eigenvalue weighted by Gasteiger charge is 2.31. The van der Waals surface area contributed by atoms with Crippen molar-refractivity contribution in [3.8, 4) is 0 Å². The zero-order chi connectivity index (χ0) is 25.2. The molecule has 0 aliphatic rings. The molecule has 0 heterocycles. The van der Waals surface area contributed by atoms with Crippen LogP contribution < -0.4 is 5.32 Å². The Balaban J connectivity index is 1.96. The Hall–Kier alpha value is -2.82. The van der Waals surface area contributed by atoms with E-state index in [0.717, 1.165) is 17.5 Å². The van der Waals surface area contributed by atoms with Crippen LogP contribution in [0.3, 0.4) is 0 Å². The maximum atomic E-state index is 13.7. The standard InChI is InChI=1S/C29H32Cl2N2O2/c1-3-21(2)32-29(35)27(19-23-13-8-5-9-14-23)33(20-24-25(30)15-10-16-26(24)31)28(34)18-17-22-11-6-4-7-12-22/h4-16,21,27H,3,17-20H2,1-2H3,(H,32,35). The molecule has 0 aliphatic carbocycles. The molecule has 6 heteroatoms. The summed E-state index contributed by atoms with van der Waals surface area (Å²) in [5, 5.41) is 4.02. The fraction of sp³-hybridized carbons (Fsp3) is 0.310. The smallest absolute Gasteiger partial charge is 0.243 e. The molecule has 0 saturated carbocycles. The van der Waals surface area contributed by atoms with E-state index in [4.69, 9.17) is 23.2 Å². The van der Waals surface area contributed by atoms with Crippen LogP contribution in [0, 0.1) is 0 Å². The van der Waals surface area contributed by atoms with E-state index in [0.29, 0.717) is 28.5 Å². The molecular weight excluding hydrogens is 479 g/mol. The molecular formula is C29H32Cl2N2O2. The molecule has 3 aromatic rings. The molecule has 0 fully saturated rings. The lowest BCUT2D eigenvalue weighted by molar-refractivity contribution is -0.141. The Bertz CT molecular complexity index is 1090. The average molecular weight is 511 g/mol. The second-order valence-electron chi connectivity index (χ2n) is 8.73. The molecule has 35 heavy (non-hydrogen) atoms. The largest absolute Gasteiger partial charge is 0.352 e. The van der Waals surface area contributed by atoms with Crippen molar-refractivity contribution in [2.24, 2.45) is 0 Å². The van der Waals surface area contributed by atoms with Gasteiger partial charge in [0.05, 0.1) is 0 Å². The lowest BCUT2D eigenvalue weighted by Crippen LogP contribution is -2.52. The van der Waals surface area contributed by atoms with Crippen LogP contribution in [0.25, 0.3) is 0 Å². The second-order valence-corrected chi connectivity index (χ2v) is 9.55. The maximum Gasteiger partial charge on any atom is 0.243 e. The quantitative estimate of drug-likeness (QED) is 0.320. The van der Waals surface area contributed by atoms with Gasteiger partial charge in [0.1, 0.15) is 6.04 Å². The lowest BCUT2D eigenvalue weighted by atomic mass is 10.0. The molecule has 0 aliphatic heterocycles. The first-order valence-corrected chi connectivity index (χ1v) is 12.7. The van der Waals surface area contributed by atoms with Gasteiger partial charge in [-0.25, -0.2) is 0 Å². The van der Waals surface area contributed by atoms with E-state index in [1.807, 2.05) is 74.5 Å². The van der Waals surface area contributed by atoms with Crippen LogP contribution in [0.1, 0.15) is 43.4 Å². The van der Waals surface area contributed by atoms with Crippen molar-refractivity contribution in [2.75, 3.05) is 0 Å². The number of rotatable bonds is 11. The minimum absolute atomic E-state index is 0.00838. The van der Waals surface area contributed by atoms with E-state index in [2.05, 4.69) is 5.32 Å². The van der Waals surface area contributed by atoms with Crippen LogP contribution in [-0.4, -0.2) is 28.8 Å². The Morgan fingerprint density at radius 3 is 2.00 bits per heavy atom. The molecule has 2 atom stereocenters. The van der Waals surface area contributed by atoms with Gasteiger partial charge in [-0.05, 0) is 43.0 Å². The number of nitrogens with zero attached hydrogens (tertiary/aromatic N) is 1. The molecule has 2 amide bonds. The van der Waals surface area contributed by atoms with Crippen molar-refractivity contribution in [3.05, 3.63) is 106 Å². The summed E-state index contributed by atoms with van der Waals surface area (Å²) in [5.74, 6) is -0.301. The molecule has 0 saturated heterocycles. The SMILES string of the molecule is CCC(C)NC(=O)C(Cc1ccccc1)N(Cc1c(Cl)cccc1Cl)C(=O)CCc1ccccc1. The number of benzene rings is 3. The highest BCUT2D eigenvalue weighted by molar-refractivity contribution is 6.36. The van der Waals surface area contributed by atoms with Gasteiger partial charge in [-0.3, -0.25) is 9.59 Å². The van der Waals surface area contributed by atoms with Gasteiger partial charge in [0.15, 0.2) is 0 Å². The van der Waals surface area contributed by atoms with Crippen LogP contribution in [0.5, 0.6) is 0 Å². The summed E-state index contributed by atoms with van der Waals surface area (Å²) in [4.78, 5) is 28.9. The zero-order valence-electron chi connectivity index (χ0n) is 20.2. The lowest BCUT2D eigenvalue weighted by Gasteiger charge is -2.33. The predicted molar refractivity (Wildman–Crippen MR) is 144 cm³/mol. The summed E-state index contributed by atoms with van der Waals surface area (Å²) >= 11 is 13.0. The van der Waals surface area contributed by atoms with E-state index < -0.39 is 6.04 Å². The van der Waals surface area contributed by atoms with Gasteiger partial charge < -0.3 is 10.2 Å². The topological polar surface area (TPSA) is 49.4 Å². The third-order valence-corrected chi connectivity index (χ3v) is 6.84. The van der Waals surface area contributed by atoms with E-state index >= 15 is 0 Å². The Labute approximate surface area is 218 Å². The minimum atomic E-state index is -0.706. The molecule has 0 aromatic heterocycles. The average Bonchev–Trinajstić information content (AvgIpc) is 2.87. The van der Waals surface area contributed by atoms with Gasteiger partial charge >= 0.3 is 0 Å². The number of nitrogens with one attached hydrogen (secondary N) is 1. The van der Waals surface area contributed by atoms with Crippen LogP contribution in [0.2, 0.25) is 10.0 Å². The van der Waals surface area contributed by atoms with E-state index in [-0.39, 0.29) is 30.8 Å². The van der Waals surface area contributed by atoms with Crippen LogP contribution in [0.4, 0.5) is 0 Å². The summed E-state index contributed by atoms with van der Waals surface area (Å²) in [6.07, 6.45) is 2.04. The van der Waals surface area contributed by atoms with Gasteiger partial charge in [-0.2, -0.15) is 0 Å². The van der Waals surface area contributed by atoms with Crippen molar-refractivity contribution >= 4 is 35.0 Å². The van der Waals surface area contributed by atoms with Gasteiger partial charge in [0, 0.05) is 41.0 Å². The normalized spacial score (nSPS) is 12.6. The number of carbonyl (C=O) groups excluding carboxylic acids is 2. The van der Waals surface area contributed by atoms with Crippen molar-refractivity contribution in [1.29, 1.82) is 0 Å².